The monoisotopic (exact) mass is 388 g/mol. The molecule has 1 aliphatic rings. The van der Waals surface area contributed by atoms with Crippen LogP contribution < -0.4 is 0 Å². The third-order valence-corrected chi connectivity index (χ3v) is 4.92. The first-order chi connectivity index (χ1) is 12.6. The van der Waals surface area contributed by atoms with Crippen molar-refractivity contribution in [1.29, 1.82) is 5.26 Å². The van der Waals surface area contributed by atoms with Crippen LogP contribution in [0.2, 0.25) is 10.0 Å². The quantitative estimate of drug-likeness (QED) is 0.653. The van der Waals surface area contributed by atoms with Gasteiger partial charge in [-0.1, -0.05) is 47.5 Å². The highest BCUT2D eigenvalue weighted by molar-refractivity contribution is 6.30. The molecule has 0 unspecified atom stereocenters. The van der Waals surface area contributed by atoms with Gasteiger partial charge in [-0.25, -0.2) is 0 Å². The number of benzene rings is 2. The lowest BCUT2D eigenvalue weighted by Crippen LogP contribution is -2.40. The fourth-order valence-electron chi connectivity index (χ4n) is 3.19. The zero-order chi connectivity index (χ0) is 18.5. The Morgan fingerprint density at radius 2 is 1.42 bits per heavy atom. The van der Waals surface area contributed by atoms with Crippen molar-refractivity contribution in [1.82, 2.24) is 5.06 Å². The predicted octanol–water partition coefficient (Wildman–Crippen LogP) is 5.29. The van der Waals surface area contributed by atoms with E-state index in [1.54, 1.807) is 24.3 Å². The summed E-state index contributed by atoms with van der Waals surface area (Å²) in [5.41, 5.74) is 1.91. The van der Waals surface area contributed by atoms with Crippen LogP contribution in [0.5, 0.6) is 0 Å². The molecule has 0 aromatic heterocycles. The van der Waals surface area contributed by atoms with Crippen molar-refractivity contribution >= 4 is 29.0 Å². The Kier molecular flexibility index (Phi) is 6.29. The number of carbonyl (C=O) groups excluding carboxylic acids is 1. The third-order valence-electron chi connectivity index (χ3n) is 4.42. The van der Waals surface area contributed by atoms with Crippen LogP contribution in [0.3, 0.4) is 0 Å². The highest BCUT2D eigenvalue weighted by Gasteiger charge is 2.37. The van der Waals surface area contributed by atoms with Crippen molar-refractivity contribution in [3.8, 4) is 6.07 Å². The lowest BCUT2D eigenvalue weighted by Gasteiger charge is -2.40. The molecule has 2 aromatic carbocycles. The minimum absolute atomic E-state index is 0.171. The van der Waals surface area contributed by atoms with Gasteiger partial charge in [0, 0.05) is 22.9 Å². The first-order valence-electron chi connectivity index (χ1n) is 8.39. The molecule has 3 rings (SSSR count). The predicted molar refractivity (Wildman–Crippen MR) is 101 cm³/mol. The molecular weight excluding hydrogens is 371 g/mol. The van der Waals surface area contributed by atoms with E-state index < -0.39 is 0 Å². The summed E-state index contributed by atoms with van der Waals surface area (Å²) < 4.78 is 0. The van der Waals surface area contributed by atoms with Crippen molar-refractivity contribution < 1.29 is 9.63 Å². The highest BCUT2D eigenvalue weighted by Crippen LogP contribution is 2.40. The maximum Gasteiger partial charge on any atom is 0.136 e. The topological polar surface area (TPSA) is 53.3 Å². The van der Waals surface area contributed by atoms with Gasteiger partial charge in [-0.2, -0.15) is 10.3 Å². The summed E-state index contributed by atoms with van der Waals surface area (Å²) in [6.07, 6.45) is 1.00. The number of carbonyl (C=O) groups is 1. The summed E-state index contributed by atoms with van der Waals surface area (Å²) in [6, 6.07) is 16.5. The Labute approximate surface area is 162 Å². The standard InChI is InChI=1S/C20H18Cl2N2O2/c21-16-6-2-14(3-7-16)19-12-18(25)13-20(24(19)26-11-1-10-23)15-4-8-17(22)9-5-15/h2-9,19-20H,1,11-13H2/t19-,20+. The van der Waals surface area contributed by atoms with Gasteiger partial charge in [-0.15, -0.1) is 0 Å². The molecule has 0 N–H and O–H groups in total. The second kappa shape index (κ2) is 8.66. The number of hydrogen-bond acceptors (Lipinski definition) is 4. The van der Waals surface area contributed by atoms with Gasteiger partial charge >= 0.3 is 0 Å². The van der Waals surface area contributed by atoms with E-state index in [4.69, 9.17) is 33.3 Å². The van der Waals surface area contributed by atoms with E-state index in [2.05, 4.69) is 6.07 Å². The maximum atomic E-state index is 12.5. The van der Waals surface area contributed by atoms with Crippen LogP contribution in [0.15, 0.2) is 48.5 Å². The van der Waals surface area contributed by atoms with Gasteiger partial charge in [0.05, 0.1) is 31.2 Å². The molecule has 1 saturated heterocycles. The number of hydrogen-bond donors (Lipinski definition) is 0. The molecular formula is C20H18Cl2N2O2. The highest BCUT2D eigenvalue weighted by atomic mass is 35.5. The van der Waals surface area contributed by atoms with Crippen molar-refractivity contribution in [2.24, 2.45) is 0 Å². The van der Waals surface area contributed by atoms with E-state index in [0.717, 1.165) is 11.1 Å². The summed E-state index contributed by atoms with van der Waals surface area (Å²) in [6.45, 7) is 0.277. The van der Waals surface area contributed by atoms with Gasteiger partial charge < -0.3 is 0 Å². The molecule has 134 valence electrons. The second-order valence-corrected chi connectivity index (χ2v) is 7.06. The van der Waals surface area contributed by atoms with Crippen LogP contribution in [-0.2, 0) is 9.63 Å². The van der Waals surface area contributed by atoms with Crippen LogP contribution in [0.25, 0.3) is 0 Å². The van der Waals surface area contributed by atoms with Crippen molar-refractivity contribution in [2.75, 3.05) is 6.61 Å². The average molecular weight is 389 g/mol. The Morgan fingerprint density at radius 3 is 1.85 bits per heavy atom. The second-order valence-electron chi connectivity index (χ2n) is 6.18. The minimum atomic E-state index is -0.229. The summed E-state index contributed by atoms with van der Waals surface area (Å²) in [7, 11) is 0. The first-order valence-corrected chi connectivity index (χ1v) is 9.15. The molecule has 0 saturated carbocycles. The van der Waals surface area contributed by atoms with E-state index >= 15 is 0 Å². The molecule has 0 amide bonds. The Morgan fingerprint density at radius 1 is 0.962 bits per heavy atom. The molecule has 6 heteroatoms. The molecule has 1 fully saturated rings. The van der Waals surface area contributed by atoms with E-state index in [9.17, 15) is 4.79 Å². The van der Waals surface area contributed by atoms with Gasteiger partial charge in [-0.05, 0) is 35.4 Å². The normalized spacial score (nSPS) is 20.7. The van der Waals surface area contributed by atoms with Gasteiger partial charge in [0.15, 0.2) is 0 Å². The summed E-state index contributed by atoms with van der Waals surface area (Å²) in [4.78, 5) is 18.4. The molecule has 0 bridgehead atoms. The Hall–Kier alpha value is -1.90. The SMILES string of the molecule is N#CCCON1[C@@H](c2ccc(Cl)cc2)CC(=O)C[C@H]1c1ccc(Cl)cc1. The number of halogens is 2. The number of nitrogens with zero attached hydrogens (tertiary/aromatic N) is 2. The number of Topliss-reactive ketones (excluding diaryl/α,β-unsaturated/α-hetero) is 1. The fraction of sp³-hybridized carbons (Fsp3) is 0.300. The van der Waals surface area contributed by atoms with Crippen molar-refractivity contribution in [3.63, 3.8) is 0 Å². The van der Waals surface area contributed by atoms with Gasteiger partial charge in [0.2, 0.25) is 0 Å². The number of hydroxylamine groups is 2. The van der Waals surface area contributed by atoms with Crippen LogP contribution in [0.4, 0.5) is 0 Å². The zero-order valence-corrected chi connectivity index (χ0v) is 15.6. The zero-order valence-electron chi connectivity index (χ0n) is 14.1. The fourth-order valence-corrected chi connectivity index (χ4v) is 3.44. The van der Waals surface area contributed by atoms with E-state index in [0.29, 0.717) is 22.9 Å². The Balaban J connectivity index is 1.94. The van der Waals surface area contributed by atoms with Crippen molar-refractivity contribution in [2.45, 2.75) is 31.3 Å². The van der Waals surface area contributed by atoms with E-state index in [1.165, 1.54) is 0 Å². The molecule has 2 aromatic rings. The summed E-state index contributed by atoms with van der Waals surface area (Å²) >= 11 is 12.0. The number of piperidine rings is 1. The third kappa shape index (κ3) is 4.44. The molecule has 0 spiro atoms. The van der Waals surface area contributed by atoms with Crippen LogP contribution in [0.1, 0.15) is 42.5 Å². The smallest absolute Gasteiger partial charge is 0.136 e. The van der Waals surface area contributed by atoms with Gasteiger partial charge in [-0.3, -0.25) is 9.63 Å². The van der Waals surface area contributed by atoms with Gasteiger partial charge in [0.1, 0.15) is 5.78 Å². The molecule has 0 aliphatic carbocycles. The Bertz CT molecular complexity index is 743. The molecule has 4 nitrogen and oxygen atoms in total. The average Bonchev–Trinajstić information content (AvgIpc) is 2.64. The number of rotatable bonds is 5. The lowest BCUT2D eigenvalue weighted by atomic mass is 9.88. The first kappa shape index (κ1) is 18.9. The summed E-state index contributed by atoms with van der Waals surface area (Å²) in [5.74, 6) is 0.171. The number of nitriles is 1. The lowest BCUT2D eigenvalue weighted by molar-refractivity contribution is -0.227. The molecule has 0 radical (unpaired) electrons. The molecule has 1 aliphatic heterocycles. The van der Waals surface area contributed by atoms with Crippen molar-refractivity contribution in [3.05, 3.63) is 69.7 Å². The summed E-state index contributed by atoms with van der Waals surface area (Å²) in [5, 5.41) is 12.0. The maximum absolute atomic E-state index is 12.5. The van der Waals surface area contributed by atoms with E-state index in [-0.39, 0.29) is 30.9 Å². The largest absolute Gasteiger partial charge is 0.300 e. The molecule has 2 atom stereocenters. The van der Waals surface area contributed by atoms with Crippen LogP contribution in [0, 0.1) is 11.3 Å². The molecule has 26 heavy (non-hydrogen) atoms. The minimum Gasteiger partial charge on any atom is -0.300 e. The molecule has 1 heterocycles. The van der Waals surface area contributed by atoms with E-state index in [1.807, 2.05) is 29.3 Å². The van der Waals surface area contributed by atoms with Crippen LogP contribution in [-0.4, -0.2) is 17.5 Å². The number of ketones is 1. The van der Waals surface area contributed by atoms with Crippen LogP contribution >= 0.6 is 23.2 Å². The van der Waals surface area contributed by atoms with Gasteiger partial charge in [0.25, 0.3) is 0 Å².